The quantitative estimate of drug-likeness (QED) is 0.749. The fourth-order valence-electron chi connectivity index (χ4n) is 1.77. The van der Waals surface area contributed by atoms with Gasteiger partial charge in [0.1, 0.15) is 5.01 Å². The van der Waals surface area contributed by atoms with Crippen molar-refractivity contribution in [3.05, 3.63) is 29.3 Å². The van der Waals surface area contributed by atoms with Crippen molar-refractivity contribution >= 4 is 45.7 Å². The molecule has 0 aliphatic heterocycles. The lowest BCUT2D eigenvalue weighted by molar-refractivity contribution is -0.116. The molecule has 2 aromatic rings. The number of aromatic nitrogens is 2. The van der Waals surface area contributed by atoms with Crippen LogP contribution in [0.1, 0.15) is 24.8 Å². The van der Waals surface area contributed by atoms with E-state index in [0.717, 1.165) is 22.0 Å². The second-order valence-corrected chi connectivity index (χ2v) is 7.02. The lowest BCUT2D eigenvalue weighted by atomic mass is 10.3. The molecule has 1 aromatic heterocycles. The molecule has 2 N–H and O–H groups in total. The van der Waals surface area contributed by atoms with Crippen LogP contribution in [0, 0.1) is 6.92 Å². The fourth-order valence-corrected chi connectivity index (χ4v) is 3.13. The maximum Gasteiger partial charge on any atom is 0.236 e. The first kappa shape index (κ1) is 17.4. The van der Waals surface area contributed by atoms with Crippen molar-refractivity contribution in [3.8, 4) is 0 Å². The number of amides is 2. The highest BCUT2D eigenvalue weighted by Crippen LogP contribution is 2.22. The van der Waals surface area contributed by atoms with E-state index in [1.807, 2.05) is 38.1 Å². The number of nitrogens with zero attached hydrogens (tertiary/aromatic N) is 2. The molecule has 0 radical (unpaired) electrons. The Morgan fingerprint density at radius 2 is 2.04 bits per heavy atom. The van der Waals surface area contributed by atoms with Gasteiger partial charge in [0.2, 0.25) is 16.9 Å². The van der Waals surface area contributed by atoms with Crippen molar-refractivity contribution in [1.82, 2.24) is 10.2 Å². The molecule has 0 bridgehead atoms. The number of carbonyl (C=O) groups is 2. The van der Waals surface area contributed by atoms with Gasteiger partial charge in [0.05, 0.1) is 5.75 Å². The summed E-state index contributed by atoms with van der Waals surface area (Å²) in [6.45, 7) is 3.80. The van der Waals surface area contributed by atoms with Gasteiger partial charge in [-0.2, -0.15) is 0 Å². The van der Waals surface area contributed by atoms with Gasteiger partial charge in [0.15, 0.2) is 0 Å². The van der Waals surface area contributed by atoms with E-state index >= 15 is 0 Å². The van der Waals surface area contributed by atoms with Gasteiger partial charge in [-0.15, -0.1) is 22.0 Å². The molecule has 0 aliphatic carbocycles. The van der Waals surface area contributed by atoms with Crippen LogP contribution in [0.3, 0.4) is 0 Å². The molecule has 122 valence electrons. The third-order valence-corrected chi connectivity index (χ3v) is 4.49. The first-order valence-electron chi connectivity index (χ1n) is 7.19. The van der Waals surface area contributed by atoms with Crippen LogP contribution in [0.4, 0.5) is 10.8 Å². The molecule has 6 nitrogen and oxygen atoms in total. The molecule has 0 fully saturated rings. The molecule has 0 atom stereocenters. The summed E-state index contributed by atoms with van der Waals surface area (Å²) in [7, 11) is 0. The van der Waals surface area contributed by atoms with Crippen molar-refractivity contribution in [2.45, 2.75) is 31.6 Å². The average molecular weight is 350 g/mol. The van der Waals surface area contributed by atoms with Gasteiger partial charge in [-0.05, 0) is 31.5 Å². The Balaban J connectivity index is 1.85. The van der Waals surface area contributed by atoms with Gasteiger partial charge in [-0.3, -0.25) is 14.9 Å². The van der Waals surface area contributed by atoms with Gasteiger partial charge < -0.3 is 5.32 Å². The summed E-state index contributed by atoms with van der Waals surface area (Å²) >= 11 is 2.74. The first-order valence-corrected chi connectivity index (χ1v) is 8.99. The molecular formula is C15H18N4O2S2. The summed E-state index contributed by atoms with van der Waals surface area (Å²) in [6.07, 6.45) is 1.31. The minimum atomic E-state index is -0.133. The van der Waals surface area contributed by atoms with E-state index in [1.54, 1.807) is 0 Å². The minimum Gasteiger partial charge on any atom is -0.326 e. The smallest absolute Gasteiger partial charge is 0.236 e. The SMILES string of the molecule is CCCC(=O)Nc1cccc(SCC(=O)Nc2nnc(C)s2)c1. The molecule has 0 aliphatic rings. The van der Waals surface area contributed by atoms with Gasteiger partial charge in [-0.1, -0.05) is 24.3 Å². The zero-order valence-corrected chi connectivity index (χ0v) is 14.6. The Bertz CT molecular complexity index is 688. The summed E-state index contributed by atoms with van der Waals surface area (Å²) in [5.74, 6) is 0.135. The minimum absolute atomic E-state index is 0.000896. The largest absolute Gasteiger partial charge is 0.326 e. The number of nitrogens with one attached hydrogen (secondary N) is 2. The Morgan fingerprint density at radius 1 is 1.22 bits per heavy atom. The van der Waals surface area contributed by atoms with Crippen LogP contribution >= 0.6 is 23.1 Å². The number of benzene rings is 1. The highest BCUT2D eigenvalue weighted by Gasteiger charge is 2.08. The number of hydrogen-bond donors (Lipinski definition) is 2. The molecule has 0 saturated heterocycles. The van der Waals surface area contributed by atoms with Gasteiger partial charge in [0, 0.05) is 17.0 Å². The Labute approximate surface area is 143 Å². The molecule has 2 amide bonds. The van der Waals surface area contributed by atoms with Crippen LogP contribution in [0.5, 0.6) is 0 Å². The average Bonchev–Trinajstić information content (AvgIpc) is 2.91. The van der Waals surface area contributed by atoms with E-state index in [4.69, 9.17) is 0 Å². The van der Waals surface area contributed by atoms with Crippen LogP contribution in [-0.4, -0.2) is 27.8 Å². The summed E-state index contributed by atoms with van der Waals surface area (Å²) in [4.78, 5) is 24.4. The Hall–Kier alpha value is -1.93. The van der Waals surface area contributed by atoms with Crippen LogP contribution in [-0.2, 0) is 9.59 Å². The van der Waals surface area contributed by atoms with Crippen molar-refractivity contribution in [2.75, 3.05) is 16.4 Å². The number of rotatable bonds is 7. The summed E-state index contributed by atoms with van der Waals surface area (Å²) < 4.78 is 0. The third kappa shape index (κ3) is 5.99. The van der Waals surface area contributed by atoms with Gasteiger partial charge >= 0.3 is 0 Å². The third-order valence-electron chi connectivity index (χ3n) is 2.74. The van der Waals surface area contributed by atoms with E-state index in [0.29, 0.717) is 11.6 Å². The van der Waals surface area contributed by atoms with Crippen LogP contribution in [0.25, 0.3) is 0 Å². The van der Waals surface area contributed by atoms with Gasteiger partial charge in [-0.25, -0.2) is 0 Å². The summed E-state index contributed by atoms with van der Waals surface area (Å²) in [5.41, 5.74) is 0.744. The second-order valence-electron chi connectivity index (χ2n) is 4.79. The van der Waals surface area contributed by atoms with E-state index < -0.39 is 0 Å². The van der Waals surface area contributed by atoms with Crippen LogP contribution in [0.15, 0.2) is 29.2 Å². The van der Waals surface area contributed by atoms with Crippen LogP contribution < -0.4 is 10.6 Å². The molecule has 23 heavy (non-hydrogen) atoms. The zero-order chi connectivity index (χ0) is 16.7. The zero-order valence-electron chi connectivity index (χ0n) is 13.0. The van der Waals surface area contributed by atoms with Crippen molar-refractivity contribution in [1.29, 1.82) is 0 Å². The van der Waals surface area contributed by atoms with E-state index in [1.165, 1.54) is 23.1 Å². The molecule has 1 aromatic carbocycles. The number of carbonyl (C=O) groups excluding carboxylic acids is 2. The highest BCUT2D eigenvalue weighted by molar-refractivity contribution is 8.00. The summed E-state index contributed by atoms with van der Waals surface area (Å²) in [6, 6.07) is 7.46. The Kier molecular flexibility index (Phi) is 6.54. The maximum atomic E-state index is 11.9. The standard InChI is InChI=1S/C15H18N4O2S2/c1-3-5-13(20)16-11-6-4-7-12(8-11)22-9-14(21)17-15-19-18-10(2)23-15/h4,6-8H,3,5,9H2,1-2H3,(H,16,20)(H,17,19,21). The number of hydrogen-bond acceptors (Lipinski definition) is 6. The van der Waals surface area contributed by atoms with E-state index in [2.05, 4.69) is 20.8 Å². The van der Waals surface area contributed by atoms with Crippen LogP contribution in [0.2, 0.25) is 0 Å². The lowest BCUT2D eigenvalue weighted by Crippen LogP contribution is -2.14. The van der Waals surface area contributed by atoms with Crippen molar-refractivity contribution in [3.63, 3.8) is 0 Å². The fraction of sp³-hybridized carbons (Fsp3) is 0.333. The second kappa shape index (κ2) is 8.64. The van der Waals surface area contributed by atoms with E-state index in [-0.39, 0.29) is 17.6 Å². The molecule has 2 rings (SSSR count). The van der Waals surface area contributed by atoms with Gasteiger partial charge in [0.25, 0.3) is 0 Å². The highest BCUT2D eigenvalue weighted by atomic mass is 32.2. The maximum absolute atomic E-state index is 11.9. The monoisotopic (exact) mass is 350 g/mol. The lowest BCUT2D eigenvalue weighted by Gasteiger charge is -2.07. The van der Waals surface area contributed by atoms with E-state index in [9.17, 15) is 9.59 Å². The molecule has 8 heteroatoms. The predicted octanol–water partition coefficient (Wildman–Crippen LogP) is 3.32. The predicted molar refractivity (Wildman–Crippen MR) is 94.0 cm³/mol. The number of anilines is 2. The molecule has 1 heterocycles. The number of aryl methyl sites for hydroxylation is 1. The molecular weight excluding hydrogens is 332 g/mol. The first-order chi connectivity index (χ1) is 11.1. The number of thioether (sulfide) groups is 1. The summed E-state index contributed by atoms with van der Waals surface area (Å²) in [5, 5.41) is 14.6. The van der Waals surface area contributed by atoms with Crippen molar-refractivity contribution in [2.24, 2.45) is 0 Å². The molecule has 0 unspecified atom stereocenters. The normalized spacial score (nSPS) is 10.3. The topological polar surface area (TPSA) is 84.0 Å². The Morgan fingerprint density at radius 3 is 2.74 bits per heavy atom. The van der Waals surface area contributed by atoms with Crippen molar-refractivity contribution < 1.29 is 9.59 Å². The molecule has 0 spiro atoms. The molecule has 0 saturated carbocycles.